The molecule has 3 atom stereocenters. The van der Waals surface area contributed by atoms with Crippen LogP contribution in [0.25, 0.3) is 0 Å². The average Bonchev–Trinajstić information content (AvgIpc) is 3.17. The molecule has 0 spiro atoms. The minimum absolute atomic E-state index is 0.185. The van der Waals surface area contributed by atoms with Gasteiger partial charge in [0.05, 0.1) is 12.6 Å². The fourth-order valence-electron chi connectivity index (χ4n) is 4.16. The Kier molecular flexibility index (Phi) is 5.65. The highest BCUT2D eigenvalue weighted by atomic mass is 16.3. The van der Waals surface area contributed by atoms with Gasteiger partial charge < -0.3 is 19.8 Å². The number of carbonyl (C=O) groups is 2. The lowest BCUT2D eigenvalue weighted by Gasteiger charge is -2.41. The van der Waals surface area contributed by atoms with Gasteiger partial charge in [-0.25, -0.2) is 9.79 Å². The van der Waals surface area contributed by atoms with Gasteiger partial charge in [-0.1, -0.05) is 60.7 Å². The quantitative estimate of drug-likeness (QED) is 0.796. The van der Waals surface area contributed by atoms with E-state index in [4.69, 9.17) is 4.99 Å². The Hall–Kier alpha value is -3.39. The van der Waals surface area contributed by atoms with Crippen LogP contribution < -0.4 is 0 Å². The number of rotatable bonds is 5. The average molecular weight is 422 g/mol. The van der Waals surface area contributed by atoms with Gasteiger partial charge in [-0.3, -0.25) is 9.69 Å². The van der Waals surface area contributed by atoms with Crippen LogP contribution in [0.1, 0.15) is 17.2 Å². The first-order chi connectivity index (χ1) is 14.9. The molecule has 162 valence electrons. The number of hydrogen-bond acceptors (Lipinski definition) is 6. The van der Waals surface area contributed by atoms with Crippen LogP contribution in [0.15, 0.2) is 65.7 Å². The summed E-state index contributed by atoms with van der Waals surface area (Å²) in [5.41, 5.74) is 1.86. The Morgan fingerprint density at radius 3 is 2.29 bits per heavy atom. The number of carbonyl (C=O) groups excluding carboxylic acids is 2. The molecule has 3 unspecified atom stereocenters. The molecule has 31 heavy (non-hydrogen) atoms. The van der Waals surface area contributed by atoms with Crippen LogP contribution >= 0.6 is 0 Å². The standard InChI is InChI=1S/C23H27N5O3/c1-25(14-16-10-6-4-7-11-16)22-24-20-19(21(30)27(3)23(31)26(20)2)28(22)15-18(29)17-12-8-5-9-13-17/h4-13,18-20,29H,14-15H2,1-3H3. The molecule has 2 aromatic rings. The molecule has 0 saturated carbocycles. The first-order valence-corrected chi connectivity index (χ1v) is 10.3. The van der Waals surface area contributed by atoms with E-state index in [9.17, 15) is 14.7 Å². The number of fused-ring (bicyclic) bond motifs is 1. The molecule has 2 aromatic carbocycles. The number of β-amino-alcohol motifs (C(OH)–C–C–N with tert-alkyl or cyclic N) is 1. The van der Waals surface area contributed by atoms with Gasteiger partial charge in [0, 0.05) is 27.7 Å². The summed E-state index contributed by atoms with van der Waals surface area (Å²) in [4.78, 5) is 36.7. The van der Waals surface area contributed by atoms with Crippen LogP contribution in [0.5, 0.6) is 0 Å². The number of guanidine groups is 1. The van der Waals surface area contributed by atoms with E-state index in [0.29, 0.717) is 12.5 Å². The van der Waals surface area contributed by atoms with Gasteiger partial charge in [-0.05, 0) is 11.1 Å². The van der Waals surface area contributed by atoms with Crippen molar-refractivity contribution in [3.8, 4) is 0 Å². The molecule has 2 aliphatic rings. The van der Waals surface area contributed by atoms with E-state index in [1.165, 1.54) is 11.9 Å². The normalized spacial score (nSPS) is 21.8. The SMILES string of the molecule is CN(Cc1ccccc1)C1=NC2C(C(=O)N(C)C(=O)N2C)N1CC(O)c1ccccc1. The predicted molar refractivity (Wildman–Crippen MR) is 117 cm³/mol. The maximum absolute atomic E-state index is 13.1. The number of benzene rings is 2. The Morgan fingerprint density at radius 2 is 1.65 bits per heavy atom. The second kappa shape index (κ2) is 8.39. The summed E-state index contributed by atoms with van der Waals surface area (Å²) >= 11 is 0. The molecule has 8 nitrogen and oxygen atoms in total. The molecule has 2 aliphatic heterocycles. The monoisotopic (exact) mass is 421 g/mol. The van der Waals surface area contributed by atoms with Gasteiger partial charge in [0.15, 0.2) is 18.2 Å². The van der Waals surface area contributed by atoms with Crippen molar-refractivity contribution >= 4 is 17.9 Å². The van der Waals surface area contributed by atoms with E-state index in [2.05, 4.69) is 0 Å². The number of likely N-dealkylation sites (N-methyl/N-ethyl adjacent to an activating group) is 2. The molecule has 8 heteroatoms. The molecule has 1 N–H and O–H groups in total. The number of nitrogens with zero attached hydrogens (tertiary/aromatic N) is 5. The van der Waals surface area contributed by atoms with Gasteiger partial charge in [-0.15, -0.1) is 0 Å². The van der Waals surface area contributed by atoms with Crippen molar-refractivity contribution in [3.63, 3.8) is 0 Å². The van der Waals surface area contributed by atoms with Crippen molar-refractivity contribution in [1.29, 1.82) is 0 Å². The summed E-state index contributed by atoms with van der Waals surface area (Å²) in [7, 11) is 5.04. The van der Waals surface area contributed by atoms with Gasteiger partial charge in [0.2, 0.25) is 0 Å². The number of hydrogen-bond donors (Lipinski definition) is 1. The maximum Gasteiger partial charge on any atom is 0.328 e. The largest absolute Gasteiger partial charge is 0.387 e. The Balaban J connectivity index is 1.66. The van der Waals surface area contributed by atoms with E-state index in [0.717, 1.165) is 16.0 Å². The van der Waals surface area contributed by atoms with E-state index < -0.39 is 18.3 Å². The fourth-order valence-corrected chi connectivity index (χ4v) is 4.16. The second-order valence-corrected chi connectivity index (χ2v) is 8.00. The van der Waals surface area contributed by atoms with Gasteiger partial charge in [-0.2, -0.15) is 0 Å². The first-order valence-electron chi connectivity index (χ1n) is 10.3. The van der Waals surface area contributed by atoms with Crippen molar-refractivity contribution in [3.05, 3.63) is 71.8 Å². The molecule has 0 radical (unpaired) electrons. The lowest BCUT2D eigenvalue weighted by Crippen LogP contribution is -2.64. The highest BCUT2D eigenvalue weighted by Crippen LogP contribution is 2.30. The maximum atomic E-state index is 13.1. The molecule has 0 aliphatic carbocycles. The number of aliphatic imine (C=N–C) groups is 1. The van der Waals surface area contributed by atoms with Crippen molar-refractivity contribution in [2.45, 2.75) is 24.9 Å². The number of amides is 3. The highest BCUT2D eigenvalue weighted by molar-refractivity contribution is 6.03. The third-order valence-electron chi connectivity index (χ3n) is 5.85. The molecule has 4 rings (SSSR count). The van der Waals surface area contributed by atoms with Crippen molar-refractivity contribution in [2.24, 2.45) is 4.99 Å². The smallest absolute Gasteiger partial charge is 0.328 e. The molecular formula is C23H27N5O3. The summed E-state index contributed by atoms with van der Waals surface area (Å²) in [6.07, 6.45) is -1.44. The van der Waals surface area contributed by atoms with Crippen LogP contribution in [0.4, 0.5) is 4.79 Å². The number of urea groups is 1. The zero-order chi connectivity index (χ0) is 22.1. The van der Waals surface area contributed by atoms with Crippen molar-refractivity contribution < 1.29 is 14.7 Å². The van der Waals surface area contributed by atoms with Crippen LogP contribution in [-0.4, -0.2) is 82.5 Å². The number of imide groups is 1. The predicted octanol–water partition coefficient (Wildman–Crippen LogP) is 1.74. The van der Waals surface area contributed by atoms with E-state index >= 15 is 0 Å². The Morgan fingerprint density at radius 1 is 1.03 bits per heavy atom. The molecular weight excluding hydrogens is 394 g/mol. The zero-order valence-corrected chi connectivity index (χ0v) is 17.9. The van der Waals surface area contributed by atoms with Crippen LogP contribution in [-0.2, 0) is 11.3 Å². The Labute approximate surface area is 182 Å². The summed E-state index contributed by atoms with van der Waals surface area (Å²) < 4.78 is 0. The van der Waals surface area contributed by atoms with Crippen LogP contribution in [0.3, 0.4) is 0 Å². The van der Waals surface area contributed by atoms with Crippen molar-refractivity contribution in [1.82, 2.24) is 19.6 Å². The van der Waals surface area contributed by atoms with E-state index in [1.54, 1.807) is 7.05 Å². The molecule has 0 bridgehead atoms. The zero-order valence-electron chi connectivity index (χ0n) is 17.9. The topological polar surface area (TPSA) is 79.7 Å². The van der Waals surface area contributed by atoms with Crippen molar-refractivity contribution in [2.75, 3.05) is 27.7 Å². The third kappa shape index (κ3) is 3.86. The first kappa shape index (κ1) is 20.9. The minimum atomic E-state index is -0.809. The third-order valence-corrected chi connectivity index (χ3v) is 5.85. The second-order valence-electron chi connectivity index (χ2n) is 8.00. The van der Waals surface area contributed by atoms with Gasteiger partial charge >= 0.3 is 6.03 Å². The van der Waals surface area contributed by atoms with Crippen LogP contribution in [0, 0.1) is 0 Å². The summed E-state index contributed by atoms with van der Waals surface area (Å²) in [6.45, 7) is 0.767. The Bertz CT molecular complexity index is 981. The summed E-state index contributed by atoms with van der Waals surface area (Å²) in [6, 6.07) is 18.2. The highest BCUT2D eigenvalue weighted by Gasteiger charge is 2.52. The van der Waals surface area contributed by atoms with Crippen LogP contribution in [0.2, 0.25) is 0 Å². The lowest BCUT2D eigenvalue weighted by atomic mass is 10.1. The molecule has 0 aromatic heterocycles. The van der Waals surface area contributed by atoms with Gasteiger partial charge in [0.1, 0.15) is 0 Å². The molecule has 1 fully saturated rings. The summed E-state index contributed by atoms with van der Waals surface area (Å²) in [5.74, 6) is 0.261. The van der Waals surface area contributed by atoms with E-state index in [-0.39, 0.29) is 18.5 Å². The summed E-state index contributed by atoms with van der Waals surface area (Å²) in [5, 5.41) is 10.9. The fraction of sp³-hybridized carbons (Fsp3) is 0.348. The minimum Gasteiger partial charge on any atom is -0.387 e. The van der Waals surface area contributed by atoms with E-state index in [1.807, 2.05) is 77.5 Å². The molecule has 2 heterocycles. The number of aliphatic hydroxyl groups excluding tert-OH is 1. The lowest BCUT2D eigenvalue weighted by molar-refractivity contribution is -0.136. The van der Waals surface area contributed by atoms with Gasteiger partial charge in [0.25, 0.3) is 5.91 Å². The number of aliphatic hydroxyl groups is 1. The molecule has 3 amide bonds. The molecule has 1 saturated heterocycles.